The number of quaternary nitrogens is 1. The van der Waals surface area contributed by atoms with Crippen LogP contribution in [0.3, 0.4) is 0 Å². The van der Waals surface area contributed by atoms with Gasteiger partial charge in [0.05, 0.1) is 14.1 Å². The maximum atomic E-state index is 10.5. The molecular formula is C7H11N2O2+. The van der Waals surface area contributed by atoms with Crippen LogP contribution in [-0.4, -0.2) is 35.5 Å². The highest BCUT2D eigenvalue weighted by Crippen LogP contribution is 2.15. The molecule has 4 nitrogen and oxygen atoms in total. The van der Waals surface area contributed by atoms with E-state index in [4.69, 9.17) is 5.11 Å². The topological polar surface area (TPSA) is 49.7 Å². The molecule has 0 bridgehead atoms. The molecule has 0 unspecified atom stereocenters. The highest BCUT2D eigenvalue weighted by Gasteiger charge is 2.28. The molecule has 0 spiro atoms. The van der Waals surface area contributed by atoms with Crippen molar-refractivity contribution in [3.05, 3.63) is 11.8 Å². The third-order valence-corrected chi connectivity index (χ3v) is 1.47. The van der Waals surface area contributed by atoms with Crippen molar-refractivity contribution >= 4 is 11.7 Å². The second kappa shape index (κ2) is 2.17. The van der Waals surface area contributed by atoms with Gasteiger partial charge in [0, 0.05) is 0 Å². The molecule has 0 amide bonds. The zero-order chi connectivity index (χ0) is 8.65. The van der Waals surface area contributed by atoms with Crippen LogP contribution in [0.4, 0.5) is 0 Å². The van der Waals surface area contributed by atoms with Gasteiger partial charge >= 0.3 is 5.97 Å². The lowest BCUT2D eigenvalue weighted by molar-refractivity contribution is -0.843. The summed E-state index contributed by atoms with van der Waals surface area (Å²) in [6.45, 7) is 1.70. The first-order chi connectivity index (χ1) is 4.92. The summed E-state index contributed by atoms with van der Waals surface area (Å²) in [7, 11) is 3.64. The van der Waals surface area contributed by atoms with Gasteiger partial charge in [-0.05, 0) is 6.92 Å². The van der Waals surface area contributed by atoms with Crippen LogP contribution in [0.25, 0.3) is 0 Å². The Balaban J connectivity index is 3.04. The van der Waals surface area contributed by atoms with E-state index in [9.17, 15) is 4.79 Å². The van der Waals surface area contributed by atoms with Gasteiger partial charge in [0.2, 0.25) is 0 Å². The Morgan fingerprint density at radius 3 is 2.36 bits per heavy atom. The standard InChI is InChI=1S/C7H10N2O2/c1-5-6(7(10)11)4-9(2,3)8-5/h4H,1-3H3/p+1. The first kappa shape index (κ1) is 7.94. The molecule has 0 saturated heterocycles. The monoisotopic (exact) mass is 155 g/mol. The van der Waals surface area contributed by atoms with Gasteiger partial charge in [-0.25, -0.2) is 4.79 Å². The minimum Gasteiger partial charge on any atom is -0.477 e. The molecule has 0 aromatic carbocycles. The van der Waals surface area contributed by atoms with E-state index >= 15 is 0 Å². The molecule has 1 heterocycles. The second-order valence-electron chi connectivity index (χ2n) is 3.01. The minimum atomic E-state index is -0.907. The Morgan fingerprint density at radius 1 is 1.64 bits per heavy atom. The van der Waals surface area contributed by atoms with Gasteiger partial charge in [-0.1, -0.05) is 5.10 Å². The van der Waals surface area contributed by atoms with E-state index in [2.05, 4.69) is 5.10 Å². The van der Waals surface area contributed by atoms with Gasteiger partial charge in [-0.15, -0.1) is 0 Å². The van der Waals surface area contributed by atoms with E-state index in [1.807, 2.05) is 14.1 Å². The molecule has 0 saturated carbocycles. The van der Waals surface area contributed by atoms with Crippen molar-refractivity contribution in [3.63, 3.8) is 0 Å². The fourth-order valence-electron chi connectivity index (χ4n) is 1.09. The van der Waals surface area contributed by atoms with Crippen LogP contribution in [0.15, 0.2) is 16.9 Å². The number of nitrogens with zero attached hydrogens (tertiary/aromatic N) is 2. The Labute approximate surface area is 65.0 Å². The van der Waals surface area contributed by atoms with Crippen LogP contribution in [0.5, 0.6) is 0 Å². The lowest BCUT2D eigenvalue weighted by Crippen LogP contribution is -2.23. The van der Waals surface area contributed by atoms with Gasteiger partial charge in [0.25, 0.3) is 0 Å². The van der Waals surface area contributed by atoms with Crippen molar-refractivity contribution in [3.8, 4) is 0 Å². The third-order valence-electron chi connectivity index (χ3n) is 1.47. The highest BCUT2D eigenvalue weighted by molar-refractivity contribution is 6.18. The van der Waals surface area contributed by atoms with E-state index in [-0.39, 0.29) is 4.59 Å². The molecule has 0 aliphatic carbocycles. The SMILES string of the molecule is CC1=N[N+](C)(C)C=C1C(=O)O. The zero-order valence-electron chi connectivity index (χ0n) is 6.83. The van der Waals surface area contributed by atoms with Gasteiger partial charge in [0.15, 0.2) is 0 Å². The normalized spacial score (nSPS) is 21.0. The van der Waals surface area contributed by atoms with Crippen molar-refractivity contribution in [2.45, 2.75) is 6.92 Å². The molecule has 0 atom stereocenters. The lowest BCUT2D eigenvalue weighted by atomic mass is 10.2. The molecule has 0 radical (unpaired) electrons. The molecule has 0 fully saturated rings. The Hall–Kier alpha value is -1.16. The number of carboxylic acid groups (broad SMARTS) is 1. The largest absolute Gasteiger partial charge is 0.477 e. The molecule has 0 aromatic heterocycles. The summed E-state index contributed by atoms with van der Waals surface area (Å²) in [5, 5.41) is 12.8. The number of aliphatic carboxylic acids is 1. The summed E-state index contributed by atoms with van der Waals surface area (Å²) in [6.07, 6.45) is 1.61. The number of carbonyl (C=O) groups is 1. The molecule has 1 aliphatic rings. The van der Waals surface area contributed by atoms with Crippen LogP contribution < -0.4 is 0 Å². The van der Waals surface area contributed by atoms with Gasteiger partial charge in [0.1, 0.15) is 17.5 Å². The molecular weight excluding hydrogens is 144 g/mol. The van der Waals surface area contributed by atoms with Crippen molar-refractivity contribution in [2.24, 2.45) is 5.10 Å². The molecule has 1 N–H and O–H groups in total. The minimum absolute atomic E-state index is 0.271. The smallest absolute Gasteiger partial charge is 0.343 e. The predicted molar refractivity (Wildman–Crippen MR) is 40.9 cm³/mol. The Morgan fingerprint density at radius 2 is 2.18 bits per heavy atom. The maximum Gasteiger partial charge on any atom is 0.343 e. The number of carboxylic acids is 1. The van der Waals surface area contributed by atoms with Gasteiger partial charge < -0.3 is 5.11 Å². The Bertz CT molecular complexity index is 264. The van der Waals surface area contributed by atoms with E-state index < -0.39 is 5.97 Å². The summed E-state index contributed by atoms with van der Waals surface area (Å²) >= 11 is 0. The summed E-state index contributed by atoms with van der Waals surface area (Å²) in [5.74, 6) is -0.907. The fraction of sp³-hybridized carbons (Fsp3) is 0.429. The molecule has 60 valence electrons. The number of rotatable bonds is 1. The lowest BCUT2D eigenvalue weighted by Gasteiger charge is -2.11. The second-order valence-corrected chi connectivity index (χ2v) is 3.01. The van der Waals surface area contributed by atoms with Gasteiger partial charge in [-0.3, -0.25) is 0 Å². The average Bonchev–Trinajstić information content (AvgIpc) is 2.05. The van der Waals surface area contributed by atoms with Crippen molar-refractivity contribution in [1.82, 2.24) is 0 Å². The zero-order valence-corrected chi connectivity index (χ0v) is 6.83. The summed E-state index contributed by atoms with van der Waals surface area (Å²) in [4.78, 5) is 10.5. The Kier molecular flexibility index (Phi) is 1.56. The van der Waals surface area contributed by atoms with Crippen LogP contribution in [0.2, 0.25) is 0 Å². The van der Waals surface area contributed by atoms with Crippen molar-refractivity contribution in [2.75, 3.05) is 14.1 Å². The number of hydrogen-bond donors (Lipinski definition) is 1. The van der Waals surface area contributed by atoms with E-state index in [1.54, 1.807) is 13.1 Å². The van der Waals surface area contributed by atoms with E-state index in [0.29, 0.717) is 11.3 Å². The van der Waals surface area contributed by atoms with Gasteiger partial charge in [-0.2, -0.15) is 4.59 Å². The highest BCUT2D eigenvalue weighted by atomic mass is 16.4. The van der Waals surface area contributed by atoms with Crippen LogP contribution in [0.1, 0.15) is 6.92 Å². The summed E-state index contributed by atoms with van der Waals surface area (Å²) in [5.41, 5.74) is 0.887. The van der Waals surface area contributed by atoms with Crippen molar-refractivity contribution < 1.29 is 14.5 Å². The molecule has 11 heavy (non-hydrogen) atoms. The first-order valence-electron chi connectivity index (χ1n) is 3.29. The van der Waals surface area contributed by atoms with E-state index in [0.717, 1.165) is 0 Å². The quantitative estimate of drug-likeness (QED) is 0.558. The predicted octanol–water partition coefficient (Wildman–Crippen LogP) is 0.421. The van der Waals surface area contributed by atoms with Crippen LogP contribution in [-0.2, 0) is 4.79 Å². The number of hydrogen-bond acceptors (Lipinski definition) is 2. The molecule has 4 heteroatoms. The first-order valence-corrected chi connectivity index (χ1v) is 3.29. The summed E-state index contributed by atoms with van der Waals surface area (Å²) < 4.78 is 0.271. The average molecular weight is 155 g/mol. The summed E-state index contributed by atoms with van der Waals surface area (Å²) in [6, 6.07) is 0. The molecule has 1 aliphatic heterocycles. The third kappa shape index (κ3) is 1.46. The fourth-order valence-corrected chi connectivity index (χ4v) is 1.09. The molecule has 1 rings (SSSR count). The van der Waals surface area contributed by atoms with Crippen LogP contribution >= 0.6 is 0 Å². The maximum absolute atomic E-state index is 10.5. The van der Waals surface area contributed by atoms with Crippen LogP contribution in [0, 0.1) is 0 Å². The molecule has 0 aromatic rings. The van der Waals surface area contributed by atoms with Crippen molar-refractivity contribution in [1.29, 1.82) is 0 Å². The van der Waals surface area contributed by atoms with E-state index in [1.165, 1.54) is 0 Å².